The molecule has 1 rings (SSSR count). The molecule has 0 atom stereocenters. The lowest BCUT2D eigenvalue weighted by Gasteiger charge is -2.28. The Balaban J connectivity index is 2.54. The van der Waals surface area contributed by atoms with Gasteiger partial charge in [0, 0.05) is 12.6 Å². The van der Waals surface area contributed by atoms with Crippen LogP contribution in [0.5, 0.6) is 0 Å². The van der Waals surface area contributed by atoms with Gasteiger partial charge in [0.05, 0.1) is 0 Å². The number of hydrogen-bond acceptors (Lipinski definition) is 3. The number of nitrogens with zero attached hydrogens (tertiary/aromatic N) is 1. The summed E-state index contributed by atoms with van der Waals surface area (Å²) in [6, 6.07) is 0. The van der Waals surface area contributed by atoms with Crippen molar-refractivity contribution in [3.8, 4) is 0 Å². The van der Waals surface area contributed by atoms with Crippen molar-refractivity contribution >= 4 is 5.91 Å². The third kappa shape index (κ3) is 1.05. The minimum Gasteiger partial charge on any atom is -0.767 e. The van der Waals surface area contributed by atoms with Gasteiger partial charge in [-0.3, -0.25) is 15.4 Å². The molecule has 1 heterocycles. The highest BCUT2D eigenvalue weighted by atomic mass is 16.5. The van der Waals surface area contributed by atoms with Gasteiger partial charge in [0.1, 0.15) is 0 Å². The van der Waals surface area contributed by atoms with Gasteiger partial charge in [0.2, 0.25) is 0 Å². The van der Waals surface area contributed by atoms with Crippen LogP contribution in [0.4, 0.5) is 0 Å². The van der Waals surface area contributed by atoms with E-state index in [4.69, 9.17) is 0 Å². The number of nitrogens with one attached hydrogen (secondary N) is 1. The molecular weight excluding hydrogens is 108 g/mol. The third-order valence-corrected chi connectivity index (χ3v) is 0.775. The second kappa shape index (κ2) is 1.94. The van der Waals surface area contributed by atoms with Crippen molar-refractivity contribution in [2.24, 2.45) is 0 Å². The van der Waals surface area contributed by atoms with E-state index in [2.05, 4.69) is 0 Å². The zero-order valence-corrected chi connectivity index (χ0v) is 4.13. The molecule has 4 nitrogen and oxygen atoms in total. The van der Waals surface area contributed by atoms with Crippen molar-refractivity contribution in [3.63, 3.8) is 0 Å². The van der Waals surface area contributed by atoms with Gasteiger partial charge in [-0.15, -0.1) is 0 Å². The largest absolute Gasteiger partial charge is 0.767 e. The Hall–Kier alpha value is -0.870. The molecule has 0 bridgehead atoms. The highest BCUT2D eigenvalue weighted by Gasteiger charge is 1.98. The second-order valence-corrected chi connectivity index (χ2v) is 1.44. The quantitative estimate of drug-likeness (QED) is 0.455. The Kier molecular flexibility index (Phi) is 1.27. The number of carbonyl (C=O) groups excluding carboxylic acids is 1. The van der Waals surface area contributed by atoms with E-state index in [1.807, 2.05) is 5.43 Å². The summed E-state index contributed by atoms with van der Waals surface area (Å²) in [5, 5.41) is 10.7. The molecule has 0 fully saturated rings. The van der Waals surface area contributed by atoms with E-state index >= 15 is 0 Å². The van der Waals surface area contributed by atoms with Gasteiger partial charge >= 0.3 is 0 Å². The van der Waals surface area contributed by atoms with Crippen molar-refractivity contribution in [1.29, 1.82) is 0 Å². The van der Waals surface area contributed by atoms with Crippen LogP contribution in [0.25, 0.3) is 0 Å². The van der Waals surface area contributed by atoms with Crippen LogP contribution in [0.15, 0.2) is 12.2 Å². The standard InChI is InChI=1S/C4H5N2O2/c7-4-2-1-3-6(8)5-4/h1-2H,3H2,(H,5,7)/q-1. The smallest absolute Gasteiger partial charge is 0.257 e. The van der Waals surface area contributed by atoms with Crippen LogP contribution in [0.3, 0.4) is 0 Å². The number of hydrogen-bond donors (Lipinski definition) is 1. The van der Waals surface area contributed by atoms with Crippen LogP contribution in [-0.4, -0.2) is 17.6 Å². The van der Waals surface area contributed by atoms with E-state index in [-0.39, 0.29) is 12.5 Å². The molecule has 0 aromatic carbocycles. The highest BCUT2D eigenvalue weighted by Crippen LogP contribution is 1.86. The molecule has 0 saturated carbocycles. The molecule has 0 radical (unpaired) electrons. The van der Waals surface area contributed by atoms with Crippen molar-refractivity contribution < 1.29 is 4.79 Å². The monoisotopic (exact) mass is 113 g/mol. The van der Waals surface area contributed by atoms with Gasteiger partial charge in [-0.2, -0.15) is 0 Å². The number of amides is 1. The van der Waals surface area contributed by atoms with Gasteiger partial charge in [-0.1, -0.05) is 6.08 Å². The average molecular weight is 113 g/mol. The molecule has 1 N–H and O–H groups in total. The van der Waals surface area contributed by atoms with E-state index in [1.165, 1.54) is 12.2 Å². The van der Waals surface area contributed by atoms with Crippen LogP contribution < -0.4 is 5.43 Å². The van der Waals surface area contributed by atoms with E-state index in [0.29, 0.717) is 5.17 Å². The van der Waals surface area contributed by atoms with Crippen LogP contribution in [0.2, 0.25) is 0 Å². The molecule has 1 aliphatic heterocycles. The van der Waals surface area contributed by atoms with Crippen LogP contribution >= 0.6 is 0 Å². The first kappa shape index (κ1) is 5.27. The molecule has 0 aromatic heterocycles. The summed E-state index contributed by atoms with van der Waals surface area (Å²) in [6.07, 6.45) is 2.83. The lowest BCUT2D eigenvalue weighted by atomic mass is 10.4. The first-order chi connectivity index (χ1) is 3.79. The zero-order valence-electron chi connectivity index (χ0n) is 4.13. The molecule has 4 heteroatoms. The van der Waals surface area contributed by atoms with Gasteiger partial charge in [0.15, 0.2) is 0 Å². The highest BCUT2D eigenvalue weighted by molar-refractivity contribution is 5.87. The van der Waals surface area contributed by atoms with Gasteiger partial charge in [-0.25, -0.2) is 0 Å². The number of hydroxylamine groups is 1. The second-order valence-electron chi connectivity index (χ2n) is 1.44. The van der Waals surface area contributed by atoms with Gasteiger partial charge in [-0.05, 0) is 0 Å². The van der Waals surface area contributed by atoms with E-state index in [1.54, 1.807) is 0 Å². The normalized spacial score (nSPS) is 20.9. The number of hydrazine groups is 1. The molecular formula is C4H5N2O2-. The Morgan fingerprint density at radius 1 is 1.88 bits per heavy atom. The maximum atomic E-state index is 10.2. The molecule has 0 unspecified atom stereocenters. The van der Waals surface area contributed by atoms with Gasteiger partial charge in [0.25, 0.3) is 5.91 Å². The Morgan fingerprint density at radius 2 is 2.62 bits per heavy atom. The zero-order chi connectivity index (χ0) is 5.98. The summed E-state index contributed by atoms with van der Waals surface area (Å²) < 4.78 is 0. The van der Waals surface area contributed by atoms with Crippen molar-refractivity contribution in [3.05, 3.63) is 17.4 Å². The molecule has 44 valence electrons. The van der Waals surface area contributed by atoms with Crippen LogP contribution in [0.1, 0.15) is 0 Å². The van der Waals surface area contributed by atoms with Crippen molar-refractivity contribution in [2.75, 3.05) is 6.54 Å². The summed E-state index contributed by atoms with van der Waals surface area (Å²) >= 11 is 0. The van der Waals surface area contributed by atoms with Crippen molar-refractivity contribution in [2.45, 2.75) is 0 Å². The van der Waals surface area contributed by atoms with E-state index in [0.717, 1.165) is 0 Å². The molecule has 0 aromatic rings. The molecule has 1 aliphatic rings. The minimum atomic E-state index is -0.355. The fraction of sp³-hybridized carbons (Fsp3) is 0.250. The average Bonchev–Trinajstić information content (AvgIpc) is 1.64. The predicted octanol–water partition coefficient (Wildman–Crippen LogP) is -0.613. The fourth-order valence-corrected chi connectivity index (χ4v) is 0.461. The van der Waals surface area contributed by atoms with Gasteiger partial charge < -0.3 is 5.21 Å². The lowest BCUT2D eigenvalue weighted by molar-refractivity contribution is -0.120. The molecule has 1 amide bonds. The summed E-state index contributed by atoms with van der Waals surface area (Å²) in [5.74, 6) is -0.355. The Labute approximate surface area is 46.3 Å². The lowest BCUT2D eigenvalue weighted by Crippen LogP contribution is -2.39. The number of rotatable bonds is 0. The summed E-state index contributed by atoms with van der Waals surface area (Å²) in [5.41, 5.74) is 2.03. The first-order valence-electron chi connectivity index (χ1n) is 2.21. The van der Waals surface area contributed by atoms with Crippen LogP contribution in [0, 0.1) is 5.21 Å². The molecule has 8 heavy (non-hydrogen) atoms. The maximum Gasteiger partial charge on any atom is 0.257 e. The van der Waals surface area contributed by atoms with Crippen LogP contribution in [-0.2, 0) is 4.79 Å². The minimum absolute atomic E-state index is 0.242. The number of carbonyl (C=O) groups is 1. The van der Waals surface area contributed by atoms with E-state index in [9.17, 15) is 10.0 Å². The molecule has 0 aliphatic carbocycles. The Morgan fingerprint density at radius 3 is 3.00 bits per heavy atom. The summed E-state index contributed by atoms with van der Waals surface area (Å²) in [6.45, 7) is 0.242. The summed E-state index contributed by atoms with van der Waals surface area (Å²) in [4.78, 5) is 10.2. The topological polar surface area (TPSA) is 55.4 Å². The summed E-state index contributed by atoms with van der Waals surface area (Å²) in [7, 11) is 0. The maximum absolute atomic E-state index is 10.2. The third-order valence-electron chi connectivity index (χ3n) is 0.775. The predicted molar refractivity (Wildman–Crippen MR) is 27.4 cm³/mol. The first-order valence-corrected chi connectivity index (χ1v) is 2.21. The van der Waals surface area contributed by atoms with E-state index < -0.39 is 0 Å². The fourth-order valence-electron chi connectivity index (χ4n) is 0.461. The molecule has 0 saturated heterocycles. The Bertz CT molecular complexity index is 132. The molecule has 0 spiro atoms. The SMILES string of the molecule is O=C1C=CCN([O-])N1. The van der Waals surface area contributed by atoms with Crippen molar-refractivity contribution in [1.82, 2.24) is 10.6 Å².